The maximum atomic E-state index is 12.3. The number of fused-ring (bicyclic) bond motifs is 1. The number of carbonyl (C=O) groups is 3. The van der Waals surface area contributed by atoms with Gasteiger partial charge in [0.15, 0.2) is 0 Å². The van der Waals surface area contributed by atoms with Crippen LogP contribution in [0, 0.1) is 6.92 Å². The van der Waals surface area contributed by atoms with Crippen LogP contribution >= 0.6 is 0 Å². The Morgan fingerprint density at radius 2 is 1.71 bits per heavy atom. The molecular formula is C19H18N2O3. The summed E-state index contributed by atoms with van der Waals surface area (Å²) < 4.78 is 0. The van der Waals surface area contributed by atoms with Crippen LogP contribution in [0.5, 0.6) is 0 Å². The van der Waals surface area contributed by atoms with Crippen LogP contribution in [0.15, 0.2) is 48.5 Å². The van der Waals surface area contributed by atoms with E-state index in [1.807, 2.05) is 37.3 Å². The van der Waals surface area contributed by atoms with Crippen molar-refractivity contribution in [1.82, 2.24) is 10.2 Å². The lowest BCUT2D eigenvalue weighted by Crippen LogP contribution is -2.34. The summed E-state index contributed by atoms with van der Waals surface area (Å²) in [7, 11) is 0. The number of carbonyl (C=O) groups excluding carboxylic acids is 3. The lowest BCUT2D eigenvalue weighted by molar-refractivity contribution is -0.121. The van der Waals surface area contributed by atoms with Gasteiger partial charge in [-0.2, -0.15) is 0 Å². The van der Waals surface area contributed by atoms with E-state index in [9.17, 15) is 14.4 Å². The Bertz CT molecular complexity index is 800. The molecule has 122 valence electrons. The summed E-state index contributed by atoms with van der Waals surface area (Å²) in [5.74, 6) is -0.841. The van der Waals surface area contributed by atoms with Gasteiger partial charge in [0.1, 0.15) is 0 Å². The van der Waals surface area contributed by atoms with Crippen molar-refractivity contribution in [1.29, 1.82) is 0 Å². The summed E-state index contributed by atoms with van der Waals surface area (Å²) in [6.07, 6.45) is 0.0945. The largest absolute Gasteiger partial charge is 0.352 e. The fraction of sp³-hybridized carbons (Fsp3) is 0.211. The molecule has 0 bridgehead atoms. The Kier molecular flexibility index (Phi) is 4.42. The van der Waals surface area contributed by atoms with Crippen LogP contribution in [0.3, 0.4) is 0 Å². The Morgan fingerprint density at radius 1 is 1.00 bits per heavy atom. The third-order valence-corrected chi connectivity index (χ3v) is 4.02. The molecule has 0 aromatic heterocycles. The van der Waals surface area contributed by atoms with E-state index in [0.717, 1.165) is 16.0 Å². The minimum absolute atomic E-state index is 0.0893. The van der Waals surface area contributed by atoms with Crippen molar-refractivity contribution in [2.24, 2.45) is 0 Å². The van der Waals surface area contributed by atoms with Gasteiger partial charge < -0.3 is 5.32 Å². The molecule has 3 rings (SSSR count). The third-order valence-electron chi connectivity index (χ3n) is 4.02. The first-order valence-corrected chi connectivity index (χ1v) is 7.84. The maximum Gasteiger partial charge on any atom is 0.261 e. The quantitative estimate of drug-likeness (QED) is 0.859. The second-order valence-electron chi connectivity index (χ2n) is 5.82. The van der Waals surface area contributed by atoms with E-state index in [1.165, 1.54) is 0 Å². The van der Waals surface area contributed by atoms with E-state index < -0.39 is 0 Å². The first-order chi connectivity index (χ1) is 11.6. The Morgan fingerprint density at radius 3 is 2.46 bits per heavy atom. The van der Waals surface area contributed by atoms with Gasteiger partial charge in [0.2, 0.25) is 5.91 Å². The molecule has 0 atom stereocenters. The second-order valence-corrected chi connectivity index (χ2v) is 5.82. The predicted molar refractivity (Wildman–Crippen MR) is 89.5 cm³/mol. The highest BCUT2D eigenvalue weighted by atomic mass is 16.2. The van der Waals surface area contributed by atoms with Gasteiger partial charge in [-0.25, -0.2) is 0 Å². The number of rotatable bonds is 5. The molecule has 0 spiro atoms. The summed E-state index contributed by atoms with van der Waals surface area (Å²) in [4.78, 5) is 37.7. The number of imide groups is 1. The van der Waals surface area contributed by atoms with Gasteiger partial charge in [-0.3, -0.25) is 19.3 Å². The van der Waals surface area contributed by atoms with Gasteiger partial charge in [-0.15, -0.1) is 0 Å². The molecule has 0 unspecified atom stereocenters. The molecule has 0 fully saturated rings. The molecule has 0 radical (unpaired) electrons. The van der Waals surface area contributed by atoms with Crippen molar-refractivity contribution < 1.29 is 14.4 Å². The molecule has 1 heterocycles. The van der Waals surface area contributed by atoms with E-state index in [1.54, 1.807) is 18.2 Å². The van der Waals surface area contributed by atoms with Gasteiger partial charge >= 0.3 is 0 Å². The average Bonchev–Trinajstić information content (AvgIpc) is 2.82. The molecule has 1 N–H and O–H groups in total. The van der Waals surface area contributed by atoms with E-state index in [-0.39, 0.29) is 30.7 Å². The number of nitrogens with one attached hydrogen (secondary N) is 1. The zero-order chi connectivity index (χ0) is 17.1. The van der Waals surface area contributed by atoms with Crippen LogP contribution in [-0.4, -0.2) is 29.2 Å². The highest BCUT2D eigenvalue weighted by Crippen LogP contribution is 2.23. The molecule has 24 heavy (non-hydrogen) atoms. The number of aryl methyl sites for hydroxylation is 1. The zero-order valence-electron chi connectivity index (χ0n) is 13.4. The fourth-order valence-corrected chi connectivity index (χ4v) is 2.71. The second kappa shape index (κ2) is 6.66. The maximum absolute atomic E-state index is 12.3. The first kappa shape index (κ1) is 15.9. The molecular weight excluding hydrogens is 304 g/mol. The van der Waals surface area contributed by atoms with Crippen molar-refractivity contribution >= 4 is 17.7 Å². The first-order valence-electron chi connectivity index (χ1n) is 7.84. The topological polar surface area (TPSA) is 66.5 Å². The van der Waals surface area contributed by atoms with Crippen molar-refractivity contribution in [3.05, 3.63) is 70.8 Å². The Balaban J connectivity index is 1.56. The Hall–Kier alpha value is -2.95. The summed E-state index contributed by atoms with van der Waals surface area (Å²) in [5.41, 5.74) is 2.76. The average molecular weight is 322 g/mol. The number of hydrogen-bond donors (Lipinski definition) is 1. The normalized spacial score (nSPS) is 13.1. The standard InChI is InChI=1S/C19H18N2O3/c1-13-7-8-15-16(11-13)19(24)21(18(15)23)10-9-17(22)20-12-14-5-3-2-4-6-14/h2-8,11H,9-10,12H2,1H3,(H,20,22). The molecule has 0 saturated heterocycles. The monoisotopic (exact) mass is 322 g/mol. The van der Waals surface area contributed by atoms with E-state index in [0.29, 0.717) is 17.7 Å². The van der Waals surface area contributed by atoms with Crippen LogP contribution in [0.2, 0.25) is 0 Å². The molecule has 5 nitrogen and oxygen atoms in total. The van der Waals surface area contributed by atoms with Gasteiger partial charge in [-0.1, -0.05) is 42.0 Å². The smallest absolute Gasteiger partial charge is 0.261 e. The van der Waals surface area contributed by atoms with Crippen molar-refractivity contribution in [2.45, 2.75) is 19.9 Å². The highest BCUT2D eigenvalue weighted by molar-refractivity contribution is 6.21. The number of hydrogen-bond acceptors (Lipinski definition) is 3. The lowest BCUT2D eigenvalue weighted by atomic mass is 10.1. The van der Waals surface area contributed by atoms with Gasteiger partial charge in [0.05, 0.1) is 11.1 Å². The molecule has 2 aromatic carbocycles. The summed E-state index contributed by atoms with van der Waals surface area (Å²) in [5, 5.41) is 2.79. The van der Waals surface area contributed by atoms with Gasteiger partial charge in [0, 0.05) is 19.5 Å². The van der Waals surface area contributed by atoms with Crippen LogP contribution in [-0.2, 0) is 11.3 Å². The molecule has 1 aliphatic rings. The van der Waals surface area contributed by atoms with Crippen molar-refractivity contribution in [3.8, 4) is 0 Å². The van der Waals surface area contributed by atoms with Crippen molar-refractivity contribution in [3.63, 3.8) is 0 Å². The molecule has 1 aliphatic heterocycles. The SMILES string of the molecule is Cc1ccc2c(c1)C(=O)N(CCC(=O)NCc1ccccc1)C2=O. The van der Waals surface area contributed by atoms with E-state index >= 15 is 0 Å². The van der Waals surface area contributed by atoms with E-state index in [2.05, 4.69) is 5.32 Å². The van der Waals surface area contributed by atoms with Crippen molar-refractivity contribution in [2.75, 3.05) is 6.54 Å². The highest BCUT2D eigenvalue weighted by Gasteiger charge is 2.35. The minimum atomic E-state index is -0.328. The molecule has 5 heteroatoms. The van der Waals surface area contributed by atoms with E-state index in [4.69, 9.17) is 0 Å². The molecule has 0 saturated carbocycles. The summed E-state index contributed by atoms with van der Waals surface area (Å²) >= 11 is 0. The van der Waals surface area contributed by atoms with Gasteiger partial charge in [-0.05, 0) is 24.6 Å². The number of nitrogens with zero attached hydrogens (tertiary/aromatic N) is 1. The van der Waals surface area contributed by atoms with Crippen LogP contribution in [0.4, 0.5) is 0 Å². The number of amides is 3. The fourth-order valence-electron chi connectivity index (χ4n) is 2.71. The van der Waals surface area contributed by atoms with Gasteiger partial charge in [0.25, 0.3) is 11.8 Å². The Labute approximate surface area is 140 Å². The zero-order valence-corrected chi connectivity index (χ0v) is 13.4. The summed E-state index contributed by atoms with van der Waals surface area (Å²) in [6.45, 7) is 2.39. The minimum Gasteiger partial charge on any atom is -0.352 e. The predicted octanol–water partition coefficient (Wildman–Crippen LogP) is 2.30. The lowest BCUT2D eigenvalue weighted by Gasteiger charge is -2.13. The van der Waals surface area contributed by atoms with Crippen LogP contribution < -0.4 is 5.32 Å². The molecule has 0 aliphatic carbocycles. The molecule has 2 aromatic rings. The third kappa shape index (κ3) is 3.20. The summed E-state index contributed by atoms with van der Waals surface area (Å²) in [6, 6.07) is 14.8. The molecule has 3 amide bonds. The van der Waals surface area contributed by atoms with Crippen LogP contribution in [0.1, 0.15) is 38.3 Å². The number of benzene rings is 2. The van der Waals surface area contributed by atoms with Crippen LogP contribution in [0.25, 0.3) is 0 Å².